The lowest BCUT2D eigenvalue weighted by atomic mass is 10.1. The first-order valence-electron chi connectivity index (χ1n) is 4.93. The van der Waals surface area contributed by atoms with Crippen LogP contribution in [0.3, 0.4) is 0 Å². The first-order valence-corrected chi connectivity index (χ1v) is 5.69. The van der Waals surface area contributed by atoms with E-state index < -0.39 is 24.5 Å². The second-order valence-corrected chi connectivity index (χ2v) is 4.48. The van der Waals surface area contributed by atoms with Gasteiger partial charge in [-0.1, -0.05) is 35.3 Å². The van der Waals surface area contributed by atoms with Crippen molar-refractivity contribution in [3.8, 4) is 0 Å². The third kappa shape index (κ3) is 3.35. The van der Waals surface area contributed by atoms with E-state index in [9.17, 15) is 14.7 Å². The number of carboxylic acid groups (broad SMARTS) is 2. The van der Waals surface area contributed by atoms with Crippen LogP contribution < -0.4 is 0 Å². The Bertz CT molecular complexity index is 478. The fourth-order valence-electron chi connectivity index (χ4n) is 1.60. The molecule has 1 unspecified atom stereocenters. The highest BCUT2D eigenvalue weighted by Gasteiger charge is 2.28. The Morgan fingerprint density at radius 1 is 1.33 bits per heavy atom. The van der Waals surface area contributed by atoms with Gasteiger partial charge in [0.2, 0.25) is 0 Å². The number of carboxylic acids is 2. The highest BCUT2D eigenvalue weighted by molar-refractivity contribution is 6.42. The van der Waals surface area contributed by atoms with E-state index in [1.54, 1.807) is 6.07 Å². The van der Waals surface area contributed by atoms with Crippen LogP contribution in [0.25, 0.3) is 0 Å². The van der Waals surface area contributed by atoms with Crippen molar-refractivity contribution in [2.75, 3.05) is 13.6 Å². The van der Waals surface area contributed by atoms with Crippen LogP contribution in [0.5, 0.6) is 0 Å². The zero-order valence-electron chi connectivity index (χ0n) is 9.43. The van der Waals surface area contributed by atoms with E-state index in [4.69, 9.17) is 28.3 Å². The molecule has 0 saturated carbocycles. The van der Waals surface area contributed by atoms with Crippen molar-refractivity contribution in [3.05, 3.63) is 33.8 Å². The van der Waals surface area contributed by atoms with Gasteiger partial charge in [0.1, 0.15) is 6.04 Å². The predicted molar refractivity (Wildman–Crippen MR) is 67.1 cm³/mol. The molecule has 7 heteroatoms. The molecule has 0 spiro atoms. The summed E-state index contributed by atoms with van der Waals surface area (Å²) in [4.78, 5) is 23.0. The minimum absolute atomic E-state index is 0.115. The van der Waals surface area contributed by atoms with Crippen LogP contribution in [0.15, 0.2) is 18.2 Å². The molecule has 0 bridgehead atoms. The lowest BCUT2D eigenvalue weighted by Crippen LogP contribution is -2.35. The van der Waals surface area contributed by atoms with Gasteiger partial charge in [0.25, 0.3) is 0 Å². The van der Waals surface area contributed by atoms with Crippen LogP contribution in [0, 0.1) is 0 Å². The fourth-order valence-corrected chi connectivity index (χ4v) is 2.01. The topological polar surface area (TPSA) is 77.8 Å². The number of aliphatic carboxylic acids is 2. The van der Waals surface area contributed by atoms with Gasteiger partial charge in [-0.2, -0.15) is 0 Å². The van der Waals surface area contributed by atoms with Crippen LogP contribution >= 0.6 is 23.2 Å². The molecule has 0 radical (unpaired) electrons. The monoisotopic (exact) mass is 291 g/mol. The molecule has 0 aromatic heterocycles. The summed E-state index contributed by atoms with van der Waals surface area (Å²) < 4.78 is 0. The molecule has 2 N–H and O–H groups in total. The zero-order chi connectivity index (χ0) is 13.9. The molecular formula is C11H11Cl2NO4. The van der Waals surface area contributed by atoms with Crippen molar-refractivity contribution >= 4 is 35.1 Å². The Labute approximate surface area is 114 Å². The number of hydrogen-bond donors (Lipinski definition) is 2. The first kappa shape index (κ1) is 14.8. The average molecular weight is 292 g/mol. The molecule has 5 nitrogen and oxygen atoms in total. The van der Waals surface area contributed by atoms with Gasteiger partial charge in [0.05, 0.1) is 16.6 Å². The molecule has 1 aromatic carbocycles. The molecule has 0 fully saturated rings. The van der Waals surface area contributed by atoms with Gasteiger partial charge in [0, 0.05) is 5.56 Å². The summed E-state index contributed by atoms with van der Waals surface area (Å²) in [6, 6.07) is 3.44. The third-order valence-electron chi connectivity index (χ3n) is 2.34. The van der Waals surface area contributed by atoms with Gasteiger partial charge in [-0.3, -0.25) is 14.5 Å². The number of likely N-dealkylation sites (N-methyl/N-ethyl adjacent to an activating group) is 1. The SMILES string of the molecule is CN(CC(=O)O)C(C(=O)O)c1cccc(Cl)c1Cl. The highest BCUT2D eigenvalue weighted by Crippen LogP contribution is 2.32. The fraction of sp³-hybridized carbons (Fsp3) is 0.273. The second-order valence-electron chi connectivity index (χ2n) is 3.69. The van der Waals surface area contributed by atoms with Crippen LogP contribution in [-0.4, -0.2) is 40.6 Å². The summed E-state index contributed by atoms with van der Waals surface area (Å²) in [5.41, 5.74) is 0.264. The van der Waals surface area contributed by atoms with Crippen molar-refractivity contribution < 1.29 is 19.8 Å². The molecule has 0 heterocycles. The number of benzene rings is 1. The minimum Gasteiger partial charge on any atom is -0.480 e. The van der Waals surface area contributed by atoms with Crippen LogP contribution in [0.4, 0.5) is 0 Å². The van der Waals surface area contributed by atoms with Crippen molar-refractivity contribution in [2.45, 2.75) is 6.04 Å². The normalized spacial score (nSPS) is 12.4. The van der Waals surface area contributed by atoms with Gasteiger partial charge in [-0.05, 0) is 13.1 Å². The molecule has 1 rings (SSSR count). The Kier molecular flexibility index (Phi) is 4.95. The van der Waals surface area contributed by atoms with Crippen molar-refractivity contribution in [3.63, 3.8) is 0 Å². The number of carbonyl (C=O) groups is 2. The lowest BCUT2D eigenvalue weighted by molar-refractivity contribution is -0.145. The van der Waals surface area contributed by atoms with E-state index in [0.29, 0.717) is 0 Å². The Hall–Kier alpha value is -1.30. The van der Waals surface area contributed by atoms with E-state index >= 15 is 0 Å². The predicted octanol–water partition coefficient (Wildman–Crippen LogP) is 2.14. The molecule has 0 aliphatic rings. The summed E-state index contributed by atoms with van der Waals surface area (Å²) in [5, 5.41) is 18.2. The Balaban J connectivity index is 3.16. The van der Waals surface area contributed by atoms with Crippen molar-refractivity contribution in [2.24, 2.45) is 0 Å². The molecule has 0 aliphatic heterocycles. The van der Waals surface area contributed by atoms with Gasteiger partial charge in [-0.15, -0.1) is 0 Å². The maximum Gasteiger partial charge on any atom is 0.325 e. The Morgan fingerprint density at radius 2 is 1.94 bits per heavy atom. The van der Waals surface area contributed by atoms with Gasteiger partial charge in [0.15, 0.2) is 0 Å². The quantitative estimate of drug-likeness (QED) is 0.869. The van der Waals surface area contributed by atoms with Crippen molar-refractivity contribution in [1.82, 2.24) is 4.90 Å². The van der Waals surface area contributed by atoms with Gasteiger partial charge < -0.3 is 10.2 Å². The number of hydrogen-bond acceptors (Lipinski definition) is 3. The Morgan fingerprint density at radius 3 is 2.44 bits per heavy atom. The molecule has 1 atom stereocenters. The number of halogens is 2. The van der Waals surface area contributed by atoms with Gasteiger partial charge in [-0.25, -0.2) is 0 Å². The van der Waals surface area contributed by atoms with Crippen LogP contribution in [-0.2, 0) is 9.59 Å². The van der Waals surface area contributed by atoms with E-state index in [1.807, 2.05) is 0 Å². The van der Waals surface area contributed by atoms with E-state index in [1.165, 1.54) is 24.1 Å². The van der Waals surface area contributed by atoms with Crippen molar-refractivity contribution in [1.29, 1.82) is 0 Å². The third-order valence-corrected chi connectivity index (χ3v) is 3.17. The molecule has 1 aromatic rings. The number of rotatable bonds is 5. The largest absolute Gasteiger partial charge is 0.480 e. The zero-order valence-corrected chi connectivity index (χ0v) is 10.9. The molecule has 0 saturated heterocycles. The first-order chi connectivity index (χ1) is 8.34. The van der Waals surface area contributed by atoms with E-state index in [-0.39, 0.29) is 15.6 Å². The maximum atomic E-state index is 11.3. The van der Waals surface area contributed by atoms with Crippen LogP contribution in [0.1, 0.15) is 11.6 Å². The van der Waals surface area contributed by atoms with Gasteiger partial charge >= 0.3 is 11.9 Å². The summed E-state index contributed by atoms with van der Waals surface area (Å²) in [5.74, 6) is -2.31. The summed E-state index contributed by atoms with van der Waals surface area (Å²) >= 11 is 11.8. The molecule has 18 heavy (non-hydrogen) atoms. The average Bonchev–Trinajstić information content (AvgIpc) is 2.23. The van der Waals surface area contributed by atoms with E-state index in [0.717, 1.165) is 0 Å². The molecule has 98 valence electrons. The highest BCUT2D eigenvalue weighted by atomic mass is 35.5. The second kappa shape index (κ2) is 6.04. The standard InChI is InChI=1S/C11H11Cl2NO4/c1-14(5-8(15)16)10(11(17)18)6-3-2-4-7(12)9(6)13/h2-4,10H,5H2,1H3,(H,15,16)(H,17,18). The lowest BCUT2D eigenvalue weighted by Gasteiger charge is -2.24. The molecular weight excluding hydrogens is 281 g/mol. The maximum absolute atomic E-state index is 11.3. The minimum atomic E-state index is -1.19. The molecule has 0 aliphatic carbocycles. The van der Waals surface area contributed by atoms with Crippen LogP contribution in [0.2, 0.25) is 10.0 Å². The summed E-state index contributed by atoms with van der Waals surface area (Å²) in [7, 11) is 1.39. The van der Waals surface area contributed by atoms with E-state index in [2.05, 4.69) is 0 Å². The molecule has 0 amide bonds. The summed E-state index contributed by atoms with van der Waals surface area (Å²) in [6.45, 7) is -0.417. The smallest absolute Gasteiger partial charge is 0.325 e. The summed E-state index contributed by atoms with van der Waals surface area (Å²) in [6.07, 6.45) is 0. The number of nitrogens with zero attached hydrogens (tertiary/aromatic N) is 1.